The molecule has 7 nitrogen and oxygen atoms in total. The highest BCUT2D eigenvalue weighted by molar-refractivity contribution is 5.85. The molecule has 2 fully saturated rings. The molecule has 238 valence electrons. The van der Waals surface area contributed by atoms with E-state index in [1.165, 1.54) is 24.3 Å². The van der Waals surface area contributed by atoms with Gasteiger partial charge in [-0.15, -0.1) is 13.2 Å². The number of rotatable bonds is 10. The van der Waals surface area contributed by atoms with E-state index in [1.54, 1.807) is 19.9 Å². The van der Waals surface area contributed by atoms with Crippen molar-refractivity contribution in [2.45, 2.75) is 96.0 Å². The number of alkyl halides is 6. The Balaban J connectivity index is 1.60. The third-order valence-corrected chi connectivity index (χ3v) is 7.10. The molecule has 2 aromatic rings. The first kappa shape index (κ1) is 33.0. The van der Waals surface area contributed by atoms with E-state index in [-0.39, 0.29) is 37.5 Å². The predicted octanol–water partition coefficient (Wildman–Crippen LogP) is 6.53. The van der Waals surface area contributed by atoms with Crippen LogP contribution in [0.1, 0.15) is 57.2 Å². The third kappa shape index (κ3) is 8.84. The highest BCUT2D eigenvalue weighted by Crippen LogP contribution is 2.44. The minimum absolute atomic E-state index is 0.0404. The standard InChI is InChI=1S/C30H35F6NO6/c1-18(2)15-37-26(38)28(40-17-19-7-5-9-21(11-19)29(31,32)33)13-23(25-24(14-28)42-27(3,4)43-25)39-16-20-8-6-10-22(12-20)41-30(34,35)36/h5-12,18,23-25H,13-17H2,1-4H3,(H,37,38)/t23?,24-,25+,28-/m1/s1. The molecule has 0 radical (unpaired) electrons. The summed E-state index contributed by atoms with van der Waals surface area (Å²) in [7, 11) is 0. The summed E-state index contributed by atoms with van der Waals surface area (Å²) < 4.78 is 107. The molecule has 2 aromatic carbocycles. The van der Waals surface area contributed by atoms with E-state index in [2.05, 4.69) is 10.1 Å². The Bertz CT molecular complexity index is 1270. The largest absolute Gasteiger partial charge is 0.573 e. The van der Waals surface area contributed by atoms with Crippen molar-refractivity contribution < 1.29 is 54.8 Å². The number of halogens is 6. The lowest BCUT2D eigenvalue weighted by molar-refractivity contribution is -0.274. The number of carbonyl (C=O) groups excluding carboxylic acids is 1. The van der Waals surface area contributed by atoms with Crippen LogP contribution >= 0.6 is 0 Å². The van der Waals surface area contributed by atoms with Gasteiger partial charge in [-0.2, -0.15) is 13.2 Å². The SMILES string of the molecule is CC(C)CNC(=O)[C@@]1(OCc2cccc(C(F)(F)F)c2)CC(OCc2cccc(OC(F)(F)F)c2)[C@@H]2OC(C)(C)O[C@@H]2C1. The summed E-state index contributed by atoms with van der Waals surface area (Å²) in [6, 6.07) is 9.96. The normalized spacial score (nSPS) is 25.4. The Hall–Kier alpha value is -2.87. The van der Waals surface area contributed by atoms with Gasteiger partial charge < -0.3 is 29.0 Å². The highest BCUT2D eigenvalue weighted by Gasteiger charge is 2.58. The summed E-state index contributed by atoms with van der Waals surface area (Å²) in [5.41, 5.74) is -1.82. The van der Waals surface area contributed by atoms with Gasteiger partial charge in [-0.25, -0.2) is 0 Å². The zero-order chi connectivity index (χ0) is 31.6. The second kappa shape index (κ2) is 12.6. The summed E-state index contributed by atoms with van der Waals surface area (Å²) in [5, 5.41) is 2.87. The fourth-order valence-electron chi connectivity index (χ4n) is 5.26. The van der Waals surface area contributed by atoms with Gasteiger partial charge in [0, 0.05) is 19.4 Å². The van der Waals surface area contributed by atoms with Gasteiger partial charge in [0.25, 0.3) is 5.91 Å². The van der Waals surface area contributed by atoms with Gasteiger partial charge in [0.2, 0.25) is 0 Å². The third-order valence-electron chi connectivity index (χ3n) is 7.10. The lowest BCUT2D eigenvalue weighted by Crippen LogP contribution is -2.60. The molecule has 1 heterocycles. The van der Waals surface area contributed by atoms with Crippen LogP contribution < -0.4 is 10.1 Å². The number of hydrogen-bond donors (Lipinski definition) is 1. The molecule has 1 aliphatic carbocycles. The molecule has 13 heteroatoms. The quantitative estimate of drug-likeness (QED) is 0.305. The number of hydrogen-bond acceptors (Lipinski definition) is 6. The average molecular weight is 620 g/mol. The first-order chi connectivity index (χ1) is 19.9. The summed E-state index contributed by atoms with van der Waals surface area (Å²) in [6.45, 7) is 7.09. The van der Waals surface area contributed by atoms with E-state index in [4.69, 9.17) is 18.9 Å². The van der Waals surface area contributed by atoms with Crippen molar-refractivity contribution in [3.8, 4) is 5.75 Å². The molecule has 4 rings (SSSR count). The Morgan fingerprint density at radius 3 is 2.30 bits per heavy atom. The molecule has 1 unspecified atom stereocenters. The molecule has 0 aromatic heterocycles. The maximum Gasteiger partial charge on any atom is 0.573 e. The van der Waals surface area contributed by atoms with Gasteiger partial charge in [0.05, 0.1) is 31.0 Å². The Labute approximate surface area is 245 Å². The van der Waals surface area contributed by atoms with Gasteiger partial charge in [-0.05, 0) is 55.2 Å². The van der Waals surface area contributed by atoms with Crippen LogP contribution in [0.3, 0.4) is 0 Å². The minimum atomic E-state index is -4.86. The van der Waals surface area contributed by atoms with Crippen molar-refractivity contribution in [3.05, 3.63) is 65.2 Å². The zero-order valence-corrected chi connectivity index (χ0v) is 24.2. The van der Waals surface area contributed by atoms with Crippen molar-refractivity contribution in [1.82, 2.24) is 5.32 Å². The lowest BCUT2D eigenvalue weighted by atomic mass is 9.78. The second-order valence-electron chi connectivity index (χ2n) is 11.7. The van der Waals surface area contributed by atoms with E-state index >= 15 is 0 Å². The maximum absolute atomic E-state index is 13.7. The zero-order valence-electron chi connectivity index (χ0n) is 24.2. The molecule has 1 aliphatic heterocycles. The van der Waals surface area contributed by atoms with Gasteiger partial charge in [0.1, 0.15) is 11.9 Å². The molecule has 4 atom stereocenters. The van der Waals surface area contributed by atoms with Crippen molar-refractivity contribution in [2.24, 2.45) is 5.92 Å². The van der Waals surface area contributed by atoms with Crippen LogP contribution in [-0.4, -0.2) is 48.5 Å². The van der Waals surface area contributed by atoms with Gasteiger partial charge in [0.15, 0.2) is 11.4 Å². The van der Waals surface area contributed by atoms with Crippen molar-refractivity contribution in [2.75, 3.05) is 6.54 Å². The summed E-state index contributed by atoms with van der Waals surface area (Å²) in [5.74, 6) is -1.83. The molecule has 2 aliphatic rings. The number of ether oxygens (including phenoxy) is 5. The number of carbonyl (C=O) groups is 1. The number of fused-ring (bicyclic) bond motifs is 1. The second-order valence-corrected chi connectivity index (χ2v) is 11.7. The Morgan fingerprint density at radius 1 is 0.977 bits per heavy atom. The van der Waals surface area contributed by atoms with Crippen molar-refractivity contribution >= 4 is 5.91 Å². The predicted molar refractivity (Wildman–Crippen MR) is 142 cm³/mol. The van der Waals surface area contributed by atoms with Crippen LogP contribution in [0.2, 0.25) is 0 Å². The molecular weight excluding hydrogens is 584 g/mol. The summed E-state index contributed by atoms with van der Waals surface area (Å²) in [6.07, 6.45) is -11.6. The van der Waals surface area contributed by atoms with Gasteiger partial charge in [-0.3, -0.25) is 4.79 Å². The smallest absolute Gasteiger partial charge is 0.406 e. The molecular formula is C30H35F6NO6. The first-order valence-electron chi connectivity index (χ1n) is 13.8. The van der Waals surface area contributed by atoms with Crippen LogP contribution in [0.4, 0.5) is 26.3 Å². The van der Waals surface area contributed by atoms with E-state index in [0.717, 1.165) is 18.2 Å². The molecule has 0 bridgehead atoms. The van der Waals surface area contributed by atoms with E-state index < -0.39 is 59.5 Å². The van der Waals surface area contributed by atoms with Crippen LogP contribution in [-0.2, 0) is 43.1 Å². The van der Waals surface area contributed by atoms with Gasteiger partial charge >= 0.3 is 12.5 Å². The first-order valence-corrected chi connectivity index (χ1v) is 13.8. The maximum atomic E-state index is 13.7. The summed E-state index contributed by atoms with van der Waals surface area (Å²) in [4.78, 5) is 13.7. The van der Waals surface area contributed by atoms with Crippen LogP contribution in [0.25, 0.3) is 0 Å². The molecule has 1 amide bonds. The fourth-order valence-corrected chi connectivity index (χ4v) is 5.26. The van der Waals surface area contributed by atoms with Crippen molar-refractivity contribution in [1.29, 1.82) is 0 Å². The monoisotopic (exact) mass is 619 g/mol. The average Bonchev–Trinajstić information content (AvgIpc) is 3.21. The fraction of sp³-hybridized carbons (Fsp3) is 0.567. The summed E-state index contributed by atoms with van der Waals surface area (Å²) >= 11 is 0. The number of benzene rings is 2. The van der Waals surface area contributed by atoms with Gasteiger partial charge in [-0.1, -0.05) is 38.1 Å². The van der Waals surface area contributed by atoms with E-state index in [0.29, 0.717) is 12.1 Å². The topological polar surface area (TPSA) is 75.3 Å². The van der Waals surface area contributed by atoms with E-state index in [1.807, 2.05) is 13.8 Å². The lowest BCUT2D eigenvalue weighted by Gasteiger charge is -2.43. The number of nitrogens with one attached hydrogen (secondary N) is 1. The highest BCUT2D eigenvalue weighted by atomic mass is 19.4. The minimum Gasteiger partial charge on any atom is -0.406 e. The Kier molecular flexibility index (Phi) is 9.70. The molecule has 1 N–H and O–H groups in total. The van der Waals surface area contributed by atoms with Crippen LogP contribution in [0.5, 0.6) is 5.75 Å². The van der Waals surface area contributed by atoms with Crippen LogP contribution in [0, 0.1) is 5.92 Å². The number of amides is 1. The molecule has 0 spiro atoms. The van der Waals surface area contributed by atoms with Crippen molar-refractivity contribution in [3.63, 3.8) is 0 Å². The molecule has 1 saturated heterocycles. The Morgan fingerprint density at radius 2 is 1.65 bits per heavy atom. The van der Waals surface area contributed by atoms with E-state index in [9.17, 15) is 31.1 Å². The molecule has 1 saturated carbocycles. The van der Waals surface area contributed by atoms with Crippen LogP contribution in [0.15, 0.2) is 48.5 Å². The molecule has 43 heavy (non-hydrogen) atoms.